The lowest BCUT2D eigenvalue weighted by Gasteiger charge is -2.28. The summed E-state index contributed by atoms with van der Waals surface area (Å²) in [5, 5.41) is 2.74. The molecule has 1 N–H and O–H groups in total. The first-order valence-corrected chi connectivity index (χ1v) is 12.5. The zero-order valence-electron chi connectivity index (χ0n) is 20.3. The number of sulfonamides is 1. The van der Waals surface area contributed by atoms with Gasteiger partial charge >= 0.3 is 0 Å². The predicted molar refractivity (Wildman–Crippen MR) is 130 cm³/mol. The van der Waals surface area contributed by atoms with Gasteiger partial charge in [0.1, 0.15) is 18.4 Å². The molecule has 0 aliphatic rings. The molecule has 1 atom stereocenters. The third kappa shape index (κ3) is 7.02. The Kier molecular flexibility index (Phi) is 8.60. The Morgan fingerprint density at radius 1 is 1.03 bits per heavy atom. The highest BCUT2D eigenvalue weighted by Gasteiger charge is 2.29. The van der Waals surface area contributed by atoms with Gasteiger partial charge < -0.3 is 19.5 Å². The molecule has 0 saturated carbocycles. The lowest BCUT2D eigenvalue weighted by molar-refractivity contribution is -0.121. The van der Waals surface area contributed by atoms with E-state index in [1.54, 1.807) is 12.1 Å². The van der Waals surface area contributed by atoms with Gasteiger partial charge in [0.15, 0.2) is 11.5 Å². The Hall–Kier alpha value is -2.94. The monoisotopic (exact) mass is 478 g/mol. The number of hydrogen-bond donors (Lipinski definition) is 1. The van der Waals surface area contributed by atoms with E-state index in [1.165, 1.54) is 32.8 Å². The molecule has 0 bridgehead atoms. The SMILES string of the molecule is COc1ccc(N(C(C)C(=O)NCCOc2ccc(C(C)(C)C)cc2)S(C)(=O)=O)cc1OC. The number of hydrogen-bond acceptors (Lipinski definition) is 6. The van der Waals surface area contributed by atoms with E-state index >= 15 is 0 Å². The normalized spacial score (nSPS) is 12.6. The minimum atomic E-state index is -3.75. The average Bonchev–Trinajstić information content (AvgIpc) is 2.75. The highest BCUT2D eigenvalue weighted by atomic mass is 32.2. The zero-order valence-corrected chi connectivity index (χ0v) is 21.2. The number of nitrogens with zero attached hydrogens (tertiary/aromatic N) is 1. The predicted octanol–water partition coefficient (Wildman–Crippen LogP) is 3.35. The van der Waals surface area contributed by atoms with Gasteiger partial charge in [0.2, 0.25) is 15.9 Å². The molecule has 0 aliphatic carbocycles. The first kappa shape index (κ1) is 26.3. The third-order valence-corrected chi connectivity index (χ3v) is 6.34. The molecule has 0 saturated heterocycles. The lowest BCUT2D eigenvalue weighted by Crippen LogP contribution is -2.48. The molecule has 1 amide bonds. The summed E-state index contributed by atoms with van der Waals surface area (Å²) in [6, 6.07) is 11.5. The van der Waals surface area contributed by atoms with Crippen LogP contribution in [0.25, 0.3) is 0 Å². The smallest absolute Gasteiger partial charge is 0.243 e. The molecule has 2 aromatic carbocycles. The highest BCUT2D eigenvalue weighted by molar-refractivity contribution is 7.92. The minimum Gasteiger partial charge on any atom is -0.493 e. The Balaban J connectivity index is 2.02. The zero-order chi connectivity index (χ0) is 24.8. The van der Waals surface area contributed by atoms with Gasteiger partial charge in [0.25, 0.3) is 0 Å². The number of ether oxygens (including phenoxy) is 3. The van der Waals surface area contributed by atoms with E-state index in [0.29, 0.717) is 22.9 Å². The molecule has 1 unspecified atom stereocenters. The van der Waals surface area contributed by atoms with Crippen LogP contribution in [0.15, 0.2) is 42.5 Å². The summed E-state index contributed by atoms with van der Waals surface area (Å²) in [6.45, 7) is 8.43. The van der Waals surface area contributed by atoms with Gasteiger partial charge in [0, 0.05) is 6.07 Å². The maximum absolute atomic E-state index is 12.7. The second-order valence-electron chi connectivity index (χ2n) is 8.69. The molecule has 182 valence electrons. The van der Waals surface area contributed by atoms with Crippen LogP contribution in [0.2, 0.25) is 0 Å². The molecule has 2 rings (SSSR count). The Morgan fingerprint density at radius 2 is 1.64 bits per heavy atom. The fourth-order valence-corrected chi connectivity index (χ4v) is 4.48. The van der Waals surface area contributed by atoms with Crippen molar-refractivity contribution in [2.75, 3.05) is 37.9 Å². The van der Waals surface area contributed by atoms with Crippen molar-refractivity contribution in [2.45, 2.75) is 39.2 Å². The van der Waals surface area contributed by atoms with E-state index < -0.39 is 22.0 Å². The van der Waals surface area contributed by atoms with Crippen LogP contribution in [-0.4, -0.2) is 54.0 Å². The summed E-state index contributed by atoms with van der Waals surface area (Å²) in [5.41, 5.74) is 1.56. The fourth-order valence-electron chi connectivity index (χ4n) is 3.31. The number of rotatable bonds is 10. The van der Waals surface area contributed by atoms with E-state index in [9.17, 15) is 13.2 Å². The van der Waals surface area contributed by atoms with E-state index in [1.807, 2.05) is 24.3 Å². The molecule has 0 radical (unpaired) electrons. The molecular formula is C24H34N2O6S. The molecule has 0 aliphatic heterocycles. The summed E-state index contributed by atoms with van der Waals surface area (Å²) in [4.78, 5) is 12.7. The van der Waals surface area contributed by atoms with Crippen molar-refractivity contribution in [2.24, 2.45) is 0 Å². The van der Waals surface area contributed by atoms with Crippen molar-refractivity contribution in [3.8, 4) is 17.2 Å². The molecule has 33 heavy (non-hydrogen) atoms. The van der Waals surface area contributed by atoms with Gasteiger partial charge in [-0.3, -0.25) is 9.10 Å². The van der Waals surface area contributed by atoms with Crippen LogP contribution in [-0.2, 0) is 20.2 Å². The standard InChI is InChI=1S/C24H34N2O6S/c1-17(26(33(7,28)29)19-10-13-21(30-5)22(16-19)31-6)23(27)25-14-15-32-20-11-8-18(9-12-20)24(2,3)4/h8-13,16-17H,14-15H2,1-7H3,(H,25,27). The number of carbonyl (C=O) groups is 1. The third-order valence-electron chi connectivity index (χ3n) is 5.10. The van der Waals surface area contributed by atoms with Gasteiger partial charge in [-0.15, -0.1) is 0 Å². The van der Waals surface area contributed by atoms with Crippen LogP contribution < -0.4 is 23.8 Å². The topological polar surface area (TPSA) is 94.2 Å². The van der Waals surface area contributed by atoms with Gasteiger partial charge in [-0.1, -0.05) is 32.9 Å². The van der Waals surface area contributed by atoms with E-state index in [2.05, 4.69) is 26.1 Å². The molecule has 9 heteroatoms. The molecule has 0 fully saturated rings. The van der Waals surface area contributed by atoms with E-state index in [4.69, 9.17) is 14.2 Å². The lowest BCUT2D eigenvalue weighted by atomic mass is 9.87. The van der Waals surface area contributed by atoms with Crippen molar-refractivity contribution in [1.82, 2.24) is 5.32 Å². The highest BCUT2D eigenvalue weighted by Crippen LogP contribution is 2.33. The molecule has 0 spiro atoms. The Bertz CT molecular complexity index is 1050. The molecule has 8 nitrogen and oxygen atoms in total. The number of methoxy groups -OCH3 is 2. The summed E-state index contributed by atoms with van der Waals surface area (Å²) in [7, 11) is -0.805. The van der Waals surface area contributed by atoms with Crippen LogP contribution >= 0.6 is 0 Å². The Morgan fingerprint density at radius 3 is 2.15 bits per heavy atom. The second-order valence-corrected chi connectivity index (χ2v) is 10.5. The van der Waals surface area contributed by atoms with Gasteiger partial charge in [-0.05, 0) is 42.2 Å². The molecule has 0 heterocycles. The van der Waals surface area contributed by atoms with Crippen molar-refractivity contribution >= 4 is 21.6 Å². The summed E-state index contributed by atoms with van der Waals surface area (Å²) >= 11 is 0. The van der Waals surface area contributed by atoms with Crippen LogP contribution in [0.4, 0.5) is 5.69 Å². The van der Waals surface area contributed by atoms with Crippen LogP contribution in [0.3, 0.4) is 0 Å². The summed E-state index contributed by atoms with van der Waals surface area (Å²) in [6.07, 6.45) is 1.05. The minimum absolute atomic E-state index is 0.0576. The number of amides is 1. The molecular weight excluding hydrogens is 444 g/mol. The average molecular weight is 479 g/mol. The first-order valence-electron chi connectivity index (χ1n) is 10.6. The number of nitrogens with one attached hydrogen (secondary N) is 1. The van der Waals surface area contributed by atoms with Gasteiger partial charge in [0.05, 0.1) is 32.7 Å². The summed E-state index contributed by atoms with van der Waals surface area (Å²) < 4.78 is 42.2. The second kappa shape index (κ2) is 10.8. The van der Waals surface area contributed by atoms with Crippen molar-refractivity contribution < 1.29 is 27.4 Å². The maximum atomic E-state index is 12.7. The molecule has 2 aromatic rings. The van der Waals surface area contributed by atoms with Crippen molar-refractivity contribution in [3.63, 3.8) is 0 Å². The van der Waals surface area contributed by atoms with E-state index in [0.717, 1.165) is 10.6 Å². The fraction of sp³-hybridized carbons (Fsp3) is 0.458. The van der Waals surface area contributed by atoms with Crippen molar-refractivity contribution in [3.05, 3.63) is 48.0 Å². The van der Waals surface area contributed by atoms with Crippen LogP contribution in [0, 0.1) is 0 Å². The number of anilines is 1. The van der Waals surface area contributed by atoms with Gasteiger partial charge in [-0.2, -0.15) is 0 Å². The van der Waals surface area contributed by atoms with Crippen LogP contribution in [0.5, 0.6) is 17.2 Å². The largest absolute Gasteiger partial charge is 0.493 e. The maximum Gasteiger partial charge on any atom is 0.243 e. The summed E-state index contributed by atoms with van der Waals surface area (Å²) in [5.74, 6) is 1.08. The quantitative estimate of drug-likeness (QED) is 0.527. The van der Waals surface area contributed by atoms with E-state index in [-0.39, 0.29) is 18.6 Å². The number of benzene rings is 2. The van der Waals surface area contributed by atoms with Crippen molar-refractivity contribution in [1.29, 1.82) is 0 Å². The first-order chi connectivity index (χ1) is 15.4. The van der Waals surface area contributed by atoms with Crippen LogP contribution in [0.1, 0.15) is 33.3 Å². The van der Waals surface area contributed by atoms with Gasteiger partial charge in [-0.25, -0.2) is 8.42 Å². The molecule has 0 aromatic heterocycles. The Labute approximate surface area is 196 Å². The number of carbonyl (C=O) groups excluding carboxylic acids is 1.